The Labute approximate surface area is 184 Å². The van der Waals surface area contributed by atoms with Crippen molar-refractivity contribution in [2.24, 2.45) is 0 Å². The zero-order valence-corrected chi connectivity index (χ0v) is 18.2. The maximum absolute atomic E-state index is 13.5. The van der Waals surface area contributed by atoms with Crippen LogP contribution in [0.3, 0.4) is 0 Å². The average Bonchev–Trinajstić information content (AvgIpc) is 3.25. The van der Waals surface area contributed by atoms with E-state index in [1.54, 1.807) is 29.2 Å². The van der Waals surface area contributed by atoms with Crippen LogP contribution in [0.5, 0.6) is 0 Å². The summed E-state index contributed by atoms with van der Waals surface area (Å²) in [5.74, 6) is -0.604. The molecule has 0 atom stereocenters. The molecule has 6 heteroatoms. The van der Waals surface area contributed by atoms with Gasteiger partial charge in [0.1, 0.15) is 0 Å². The molecule has 0 aliphatic heterocycles. The van der Waals surface area contributed by atoms with Gasteiger partial charge < -0.3 is 4.74 Å². The van der Waals surface area contributed by atoms with Gasteiger partial charge in [0.25, 0.3) is 5.91 Å². The highest BCUT2D eigenvalue weighted by atomic mass is 32.1. The Hall–Kier alpha value is -3.51. The second-order valence-electron chi connectivity index (χ2n) is 7.10. The Bertz CT molecular complexity index is 1220. The van der Waals surface area contributed by atoms with Gasteiger partial charge in [0.15, 0.2) is 5.13 Å². The quantitative estimate of drug-likeness (QED) is 0.380. The van der Waals surface area contributed by atoms with Gasteiger partial charge in [-0.05, 0) is 53.9 Å². The Kier molecular flexibility index (Phi) is 6.09. The van der Waals surface area contributed by atoms with Crippen LogP contribution >= 0.6 is 11.3 Å². The van der Waals surface area contributed by atoms with Crippen LogP contribution in [-0.4, -0.2) is 24.0 Å². The van der Waals surface area contributed by atoms with E-state index in [1.165, 1.54) is 24.0 Å². The summed E-state index contributed by atoms with van der Waals surface area (Å²) in [6.07, 6.45) is 0.947. The lowest BCUT2D eigenvalue weighted by Crippen LogP contribution is -2.30. The van der Waals surface area contributed by atoms with Crippen molar-refractivity contribution in [3.63, 3.8) is 0 Å². The number of carbonyl (C=O) groups excluding carboxylic acids is 2. The van der Waals surface area contributed by atoms with Crippen molar-refractivity contribution in [2.75, 3.05) is 12.0 Å². The van der Waals surface area contributed by atoms with E-state index in [-0.39, 0.29) is 5.91 Å². The smallest absolute Gasteiger partial charge is 0.337 e. The lowest BCUT2D eigenvalue weighted by molar-refractivity contribution is 0.0600. The molecule has 0 saturated carbocycles. The number of benzene rings is 3. The average molecular weight is 431 g/mol. The van der Waals surface area contributed by atoms with E-state index in [4.69, 9.17) is 9.72 Å². The topological polar surface area (TPSA) is 59.5 Å². The third-order valence-corrected chi connectivity index (χ3v) is 6.10. The van der Waals surface area contributed by atoms with Crippen molar-refractivity contribution in [1.82, 2.24) is 4.98 Å². The fourth-order valence-electron chi connectivity index (χ4n) is 3.31. The van der Waals surface area contributed by atoms with E-state index in [1.807, 2.05) is 36.4 Å². The SMILES string of the molecule is CCc1ccc2nc(N(Cc3ccccc3)C(=O)c3ccc(C(=O)OC)cc3)sc2c1. The predicted octanol–water partition coefficient (Wildman–Crippen LogP) is 5.49. The highest BCUT2D eigenvalue weighted by Gasteiger charge is 2.22. The lowest BCUT2D eigenvalue weighted by atomic mass is 10.1. The molecule has 0 spiro atoms. The molecule has 0 aliphatic carbocycles. The van der Waals surface area contributed by atoms with Crippen molar-refractivity contribution >= 4 is 38.6 Å². The van der Waals surface area contributed by atoms with Crippen molar-refractivity contribution in [2.45, 2.75) is 19.9 Å². The van der Waals surface area contributed by atoms with Gasteiger partial charge >= 0.3 is 5.97 Å². The molecule has 1 amide bonds. The van der Waals surface area contributed by atoms with Gasteiger partial charge in [-0.1, -0.05) is 54.7 Å². The summed E-state index contributed by atoms with van der Waals surface area (Å²) in [4.78, 5) is 31.6. The van der Waals surface area contributed by atoms with E-state index in [0.29, 0.717) is 22.8 Å². The van der Waals surface area contributed by atoms with Crippen LogP contribution in [0.15, 0.2) is 72.8 Å². The van der Waals surface area contributed by atoms with Crippen LogP contribution in [-0.2, 0) is 17.7 Å². The molecule has 0 fully saturated rings. The molecular weight excluding hydrogens is 408 g/mol. The Morgan fingerprint density at radius 2 is 1.65 bits per heavy atom. The number of nitrogens with zero attached hydrogens (tertiary/aromatic N) is 2. The highest BCUT2D eigenvalue weighted by Crippen LogP contribution is 2.31. The number of fused-ring (bicyclic) bond motifs is 1. The normalized spacial score (nSPS) is 10.8. The van der Waals surface area contributed by atoms with Gasteiger partial charge in [-0.2, -0.15) is 0 Å². The molecular formula is C25H22N2O3S. The van der Waals surface area contributed by atoms with Crippen LogP contribution in [0.25, 0.3) is 10.2 Å². The van der Waals surface area contributed by atoms with Crippen molar-refractivity contribution in [3.8, 4) is 0 Å². The number of aromatic nitrogens is 1. The molecule has 1 aromatic heterocycles. The zero-order chi connectivity index (χ0) is 21.8. The van der Waals surface area contributed by atoms with E-state index in [0.717, 1.165) is 22.2 Å². The van der Waals surface area contributed by atoms with Crippen LogP contribution < -0.4 is 4.90 Å². The summed E-state index contributed by atoms with van der Waals surface area (Å²) in [6, 6.07) is 22.5. The first-order chi connectivity index (χ1) is 15.1. The molecule has 1 heterocycles. The fraction of sp³-hybridized carbons (Fsp3) is 0.160. The summed E-state index contributed by atoms with van der Waals surface area (Å²) < 4.78 is 5.80. The summed E-state index contributed by atoms with van der Waals surface area (Å²) in [6.45, 7) is 2.52. The number of rotatable bonds is 6. The second kappa shape index (κ2) is 9.10. The molecule has 0 bridgehead atoms. The van der Waals surface area contributed by atoms with Gasteiger partial charge in [-0.15, -0.1) is 0 Å². The van der Waals surface area contributed by atoms with Gasteiger partial charge in [0.05, 0.1) is 29.4 Å². The summed E-state index contributed by atoms with van der Waals surface area (Å²) in [5.41, 5.74) is 4.01. The Morgan fingerprint density at radius 1 is 0.935 bits per heavy atom. The van der Waals surface area contributed by atoms with Crippen molar-refractivity contribution in [1.29, 1.82) is 0 Å². The highest BCUT2D eigenvalue weighted by molar-refractivity contribution is 7.22. The van der Waals surface area contributed by atoms with Gasteiger partial charge in [-0.25, -0.2) is 9.78 Å². The standard InChI is InChI=1S/C25H22N2O3S/c1-3-17-9-14-21-22(15-17)31-25(26-21)27(16-18-7-5-4-6-8-18)23(28)19-10-12-20(13-11-19)24(29)30-2/h4-15H,3,16H2,1-2H3. The monoisotopic (exact) mass is 430 g/mol. The molecule has 4 rings (SSSR count). The molecule has 0 N–H and O–H groups in total. The number of esters is 1. The van der Waals surface area contributed by atoms with E-state index in [9.17, 15) is 9.59 Å². The minimum atomic E-state index is -0.432. The largest absolute Gasteiger partial charge is 0.465 e. The van der Waals surface area contributed by atoms with Gasteiger partial charge in [0, 0.05) is 5.56 Å². The number of methoxy groups -OCH3 is 1. The summed E-state index contributed by atoms with van der Waals surface area (Å²) in [7, 11) is 1.33. The van der Waals surface area contributed by atoms with E-state index < -0.39 is 5.97 Å². The first kappa shape index (κ1) is 20.8. The summed E-state index contributed by atoms with van der Waals surface area (Å²) in [5, 5.41) is 0.647. The van der Waals surface area contributed by atoms with E-state index in [2.05, 4.69) is 19.1 Å². The molecule has 0 radical (unpaired) electrons. The predicted molar refractivity (Wildman–Crippen MR) is 124 cm³/mol. The van der Waals surface area contributed by atoms with E-state index >= 15 is 0 Å². The number of amides is 1. The number of aryl methyl sites for hydroxylation is 1. The van der Waals surface area contributed by atoms with Gasteiger partial charge in [-0.3, -0.25) is 9.69 Å². The number of ether oxygens (including phenoxy) is 1. The number of anilines is 1. The van der Waals surface area contributed by atoms with Crippen LogP contribution in [0, 0.1) is 0 Å². The number of hydrogen-bond donors (Lipinski definition) is 0. The molecule has 0 unspecified atom stereocenters. The first-order valence-electron chi connectivity index (χ1n) is 10.0. The first-order valence-corrected chi connectivity index (χ1v) is 10.8. The molecule has 0 aliphatic rings. The van der Waals surface area contributed by atoms with Gasteiger partial charge in [0.2, 0.25) is 0 Å². The molecule has 0 saturated heterocycles. The van der Waals surface area contributed by atoms with Crippen molar-refractivity contribution in [3.05, 3.63) is 95.1 Å². The van der Waals surface area contributed by atoms with Crippen molar-refractivity contribution < 1.29 is 14.3 Å². The second-order valence-corrected chi connectivity index (χ2v) is 8.11. The summed E-state index contributed by atoms with van der Waals surface area (Å²) >= 11 is 1.51. The van der Waals surface area contributed by atoms with Crippen LogP contribution in [0.4, 0.5) is 5.13 Å². The minimum absolute atomic E-state index is 0.171. The molecule has 4 aromatic rings. The number of thiazole rings is 1. The number of carbonyl (C=O) groups is 2. The molecule has 156 valence electrons. The van der Waals surface area contributed by atoms with Crippen LogP contribution in [0.1, 0.15) is 38.8 Å². The molecule has 3 aromatic carbocycles. The number of hydrogen-bond acceptors (Lipinski definition) is 5. The Balaban J connectivity index is 1.72. The zero-order valence-electron chi connectivity index (χ0n) is 17.4. The fourth-order valence-corrected chi connectivity index (χ4v) is 4.33. The third-order valence-electron chi connectivity index (χ3n) is 5.06. The molecule has 5 nitrogen and oxygen atoms in total. The maximum atomic E-state index is 13.5. The Morgan fingerprint density at radius 3 is 2.32 bits per heavy atom. The molecule has 31 heavy (non-hydrogen) atoms. The lowest BCUT2D eigenvalue weighted by Gasteiger charge is -2.20. The maximum Gasteiger partial charge on any atom is 0.337 e. The third kappa shape index (κ3) is 4.49. The minimum Gasteiger partial charge on any atom is -0.465 e. The van der Waals surface area contributed by atoms with Crippen LogP contribution in [0.2, 0.25) is 0 Å².